The summed E-state index contributed by atoms with van der Waals surface area (Å²) in [4.78, 5) is 6.45. The van der Waals surface area contributed by atoms with Crippen LogP contribution in [0.5, 0.6) is 11.5 Å². The molecular formula is C23H24N2O2. The molecule has 0 bridgehead atoms. The van der Waals surface area contributed by atoms with Gasteiger partial charge in [-0.3, -0.25) is 4.90 Å². The molecule has 2 aromatic carbocycles. The minimum Gasteiger partial charge on any atom is -0.493 e. The minimum absolute atomic E-state index is 0.462. The van der Waals surface area contributed by atoms with Gasteiger partial charge in [0.05, 0.1) is 19.9 Å². The summed E-state index contributed by atoms with van der Waals surface area (Å²) in [5.41, 5.74) is 8.07. The molecule has 1 aromatic heterocycles. The molecule has 4 heteroatoms. The van der Waals surface area contributed by atoms with Gasteiger partial charge in [-0.25, -0.2) is 0 Å². The lowest BCUT2D eigenvalue weighted by atomic mass is 9.69. The summed E-state index contributed by atoms with van der Waals surface area (Å²) in [7, 11) is 3.50. The van der Waals surface area contributed by atoms with E-state index in [0.717, 1.165) is 24.5 Å². The Bertz CT molecular complexity index is 1070. The largest absolute Gasteiger partial charge is 0.493 e. The van der Waals surface area contributed by atoms with E-state index in [1.165, 1.54) is 58.2 Å². The van der Waals surface area contributed by atoms with Crippen molar-refractivity contribution in [3.63, 3.8) is 0 Å². The predicted octanol–water partition coefficient (Wildman–Crippen LogP) is 4.64. The lowest BCUT2D eigenvalue weighted by Gasteiger charge is -2.48. The lowest BCUT2D eigenvalue weighted by Crippen LogP contribution is -2.44. The molecule has 0 radical (unpaired) electrons. The topological polar surface area (TPSA) is 37.5 Å². The lowest BCUT2D eigenvalue weighted by molar-refractivity contribution is 0.115. The van der Waals surface area contributed by atoms with Gasteiger partial charge in [0.25, 0.3) is 0 Å². The quantitative estimate of drug-likeness (QED) is 0.723. The average molecular weight is 360 g/mol. The highest BCUT2D eigenvalue weighted by atomic mass is 16.5. The number of hydrogen-bond donors (Lipinski definition) is 1. The van der Waals surface area contributed by atoms with Crippen molar-refractivity contribution in [2.75, 3.05) is 27.3 Å². The van der Waals surface area contributed by atoms with Gasteiger partial charge in [0.1, 0.15) is 0 Å². The average Bonchev–Trinajstić information content (AvgIpc) is 3.11. The Morgan fingerprint density at radius 1 is 1.07 bits per heavy atom. The molecule has 3 heterocycles. The highest BCUT2D eigenvalue weighted by Gasteiger charge is 2.45. The summed E-state index contributed by atoms with van der Waals surface area (Å²) in [6.07, 6.45) is 3.61. The SMILES string of the molecule is COc1cc2c3c(c1OC)-c1[nH]c4ccccc4c1[C@@H]1CCCN(CC2)[C@@H]31. The van der Waals surface area contributed by atoms with Crippen molar-refractivity contribution >= 4 is 10.9 Å². The maximum atomic E-state index is 5.92. The van der Waals surface area contributed by atoms with E-state index < -0.39 is 0 Å². The third-order valence-corrected chi connectivity index (χ3v) is 6.86. The second kappa shape index (κ2) is 5.52. The normalized spacial score (nSPS) is 23.0. The number of rotatable bonds is 2. The van der Waals surface area contributed by atoms with E-state index in [9.17, 15) is 0 Å². The number of nitrogens with one attached hydrogen (secondary N) is 1. The monoisotopic (exact) mass is 360 g/mol. The molecular weight excluding hydrogens is 336 g/mol. The maximum Gasteiger partial charge on any atom is 0.170 e. The number of benzene rings is 2. The number of piperidine rings is 1. The van der Waals surface area contributed by atoms with Crippen LogP contribution in [0.25, 0.3) is 22.2 Å². The van der Waals surface area contributed by atoms with Crippen LogP contribution in [-0.4, -0.2) is 37.2 Å². The van der Waals surface area contributed by atoms with Gasteiger partial charge in [-0.2, -0.15) is 0 Å². The van der Waals surface area contributed by atoms with Crippen LogP contribution >= 0.6 is 0 Å². The zero-order valence-corrected chi connectivity index (χ0v) is 15.8. The third-order valence-electron chi connectivity index (χ3n) is 6.86. The van der Waals surface area contributed by atoms with Gasteiger partial charge in [-0.05, 0) is 54.6 Å². The van der Waals surface area contributed by atoms with Crippen LogP contribution in [0.3, 0.4) is 0 Å². The first-order valence-corrected chi connectivity index (χ1v) is 9.94. The molecule has 0 saturated carbocycles. The molecule has 138 valence electrons. The van der Waals surface area contributed by atoms with E-state index in [0.29, 0.717) is 12.0 Å². The number of H-pyrrole nitrogens is 1. The molecule has 1 saturated heterocycles. The summed E-state index contributed by atoms with van der Waals surface area (Å²) in [6.45, 7) is 2.34. The summed E-state index contributed by atoms with van der Waals surface area (Å²) in [5, 5.41) is 1.36. The van der Waals surface area contributed by atoms with Gasteiger partial charge in [0.2, 0.25) is 0 Å². The van der Waals surface area contributed by atoms with Gasteiger partial charge in [-0.1, -0.05) is 18.2 Å². The Morgan fingerprint density at radius 2 is 1.96 bits per heavy atom. The van der Waals surface area contributed by atoms with Crippen molar-refractivity contribution in [1.29, 1.82) is 0 Å². The first kappa shape index (κ1) is 15.6. The molecule has 3 aliphatic rings. The Balaban J connectivity index is 1.77. The number of methoxy groups -OCH3 is 2. The van der Waals surface area contributed by atoms with Crippen molar-refractivity contribution < 1.29 is 9.47 Å². The van der Waals surface area contributed by atoms with Crippen LogP contribution in [0.1, 0.15) is 41.5 Å². The molecule has 2 aliphatic heterocycles. The van der Waals surface area contributed by atoms with E-state index in [4.69, 9.17) is 9.47 Å². The van der Waals surface area contributed by atoms with Crippen LogP contribution in [0.15, 0.2) is 30.3 Å². The van der Waals surface area contributed by atoms with Crippen LogP contribution in [-0.2, 0) is 6.42 Å². The summed E-state index contributed by atoms with van der Waals surface area (Å²) in [5.74, 6) is 2.27. The van der Waals surface area contributed by atoms with Crippen LogP contribution < -0.4 is 9.47 Å². The molecule has 2 atom stereocenters. The number of para-hydroxylation sites is 1. The fourth-order valence-corrected chi connectivity index (χ4v) is 5.87. The second-order valence-corrected chi connectivity index (χ2v) is 8.00. The summed E-state index contributed by atoms with van der Waals surface area (Å²) in [6, 6.07) is 11.4. The van der Waals surface area contributed by atoms with Gasteiger partial charge < -0.3 is 14.5 Å². The van der Waals surface area contributed by atoms with Gasteiger partial charge >= 0.3 is 0 Å². The predicted molar refractivity (Wildman–Crippen MR) is 107 cm³/mol. The zero-order chi connectivity index (χ0) is 18.1. The number of ether oxygens (including phenoxy) is 2. The Labute approximate surface area is 159 Å². The fraction of sp³-hybridized carbons (Fsp3) is 0.391. The summed E-state index contributed by atoms with van der Waals surface area (Å²) >= 11 is 0. The number of aromatic nitrogens is 1. The van der Waals surface area contributed by atoms with E-state index in [1.807, 2.05) is 0 Å². The Kier molecular flexibility index (Phi) is 3.19. The molecule has 1 N–H and O–H groups in total. The second-order valence-electron chi connectivity index (χ2n) is 8.00. The highest BCUT2D eigenvalue weighted by molar-refractivity contribution is 5.96. The van der Waals surface area contributed by atoms with Crippen LogP contribution in [0.4, 0.5) is 0 Å². The molecule has 1 fully saturated rings. The van der Waals surface area contributed by atoms with Gasteiger partial charge in [-0.15, -0.1) is 0 Å². The van der Waals surface area contributed by atoms with E-state index >= 15 is 0 Å². The van der Waals surface area contributed by atoms with Crippen LogP contribution in [0.2, 0.25) is 0 Å². The Morgan fingerprint density at radius 3 is 2.81 bits per heavy atom. The standard InChI is InChI=1S/C23H24N2O2/c1-26-17-12-13-9-11-25-10-5-7-15-19-14-6-3-4-8-16(14)24-21(19)20(23(17)27-2)18(13)22(15)25/h3-4,6,8,12,15,22,24H,5,7,9-11H2,1-2H3/t15-,22+/m0/s1. The fourth-order valence-electron chi connectivity index (χ4n) is 5.87. The van der Waals surface area contributed by atoms with Gasteiger partial charge in [0.15, 0.2) is 11.5 Å². The van der Waals surface area contributed by atoms with E-state index in [-0.39, 0.29) is 0 Å². The number of aromatic amines is 1. The van der Waals surface area contributed by atoms with Crippen molar-refractivity contribution in [3.05, 3.63) is 47.0 Å². The van der Waals surface area contributed by atoms with E-state index in [1.54, 1.807) is 14.2 Å². The summed E-state index contributed by atoms with van der Waals surface area (Å²) < 4.78 is 11.7. The first-order valence-electron chi connectivity index (χ1n) is 9.94. The third kappa shape index (κ3) is 1.91. The molecule has 0 spiro atoms. The molecule has 1 aliphatic carbocycles. The number of fused-ring (bicyclic) bond motifs is 5. The zero-order valence-electron chi connectivity index (χ0n) is 15.8. The van der Waals surface area contributed by atoms with Gasteiger partial charge in [0, 0.05) is 35.0 Å². The maximum absolute atomic E-state index is 5.92. The Hall–Kier alpha value is -2.46. The minimum atomic E-state index is 0.462. The highest BCUT2D eigenvalue weighted by Crippen LogP contribution is 2.59. The smallest absolute Gasteiger partial charge is 0.170 e. The molecule has 3 aromatic rings. The molecule has 27 heavy (non-hydrogen) atoms. The van der Waals surface area contributed by atoms with Crippen molar-refractivity contribution in [2.45, 2.75) is 31.2 Å². The molecule has 6 rings (SSSR count). The van der Waals surface area contributed by atoms with Crippen molar-refractivity contribution in [3.8, 4) is 22.8 Å². The molecule has 4 nitrogen and oxygen atoms in total. The van der Waals surface area contributed by atoms with Crippen molar-refractivity contribution in [2.24, 2.45) is 0 Å². The van der Waals surface area contributed by atoms with Crippen molar-refractivity contribution in [1.82, 2.24) is 9.88 Å². The van der Waals surface area contributed by atoms with E-state index in [2.05, 4.69) is 40.2 Å². The van der Waals surface area contributed by atoms with Crippen LogP contribution in [0, 0.1) is 0 Å². The molecule has 0 amide bonds. The number of nitrogens with zero attached hydrogens (tertiary/aromatic N) is 1. The molecule has 0 unspecified atom stereocenters. The first-order chi connectivity index (χ1) is 13.3. The number of hydrogen-bond acceptors (Lipinski definition) is 3.